The molecule has 2 N–H and O–H groups in total. The number of rotatable bonds is 3. The van der Waals surface area contributed by atoms with Gasteiger partial charge in [0.25, 0.3) is 0 Å². The van der Waals surface area contributed by atoms with E-state index < -0.39 is 5.91 Å². The molecule has 104 valence electrons. The molecule has 0 spiro atoms. The van der Waals surface area contributed by atoms with E-state index in [1.807, 2.05) is 31.2 Å². The van der Waals surface area contributed by atoms with Gasteiger partial charge in [0, 0.05) is 16.8 Å². The van der Waals surface area contributed by atoms with Gasteiger partial charge in [0.2, 0.25) is 5.91 Å². The van der Waals surface area contributed by atoms with Crippen LogP contribution in [0.25, 0.3) is 16.9 Å². The minimum Gasteiger partial charge on any atom is -0.366 e. The molecule has 21 heavy (non-hydrogen) atoms. The van der Waals surface area contributed by atoms with Gasteiger partial charge in [0.05, 0.1) is 0 Å². The summed E-state index contributed by atoms with van der Waals surface area (Å²) in [5.74, 6) is 0.328. The monoisotopic (exact) mass is 279 g/mol. The van der Waals surface area contributed by atoms with Gasteiger partial charge in [-0.2, -0.15) is 0 Å². The second-order valence-corrected chi connectivity index (χ2v) is 4.61. The fraction of sp³-hybridized carbons (Fsp3) is 0.0667. The first kappa shape index (κ1) is 13.0. The van der Waals surface area contributed by atoms with Gasteiger partial charge in [-0.25, -0.2) is 4.98 Å². The number of nitrogens with two attached hydrogens (primary N) is 1. The molecule has 0 atom stereocenters. The molecule has 0 aliphatic heterocycles. The number of primary amides is 1. The summed E-state index contributed by atoms with van der Waals surface area (Å²) in [7, 11) is 0. The quantitative estimate of drug-likeness (QED) is 0.791. The first-order chi connectivity index (χ1) is 10.1. The maximum absolute atomic E-state index is 11.1. The topological polar surface area (TPSA) is 86.7 Å². The summed E-state index contributed by atoms with van der Waals surface area (Å²) >= 11 is 0. The molecule has 0 saturated carbocycles. The van der Waals surface area contributed by atoms with E-state index in [0.29, 0.717) is 5.56 Å². The molecule has 1 aromatic carbocycles. The van der Waals surface area contributed by atoms with Gasteiger partial charge < -0.3 is 5.73 Å². The number of pyridine rings is 1. The van der Waals surface area contributed by atoms with Crippen molar-refractivity contribution in [2.24, 2.45) is 5.73 Å². The second-order valence-electron chi connectivity index (χ2n) is 4.61. The molecule has 0 saturated heterocycles. The average Bonchev–Trinajstić information content (AvgIpc) is 3.01. The zero-order chi connectivity index (χ0) is 14.8. The molecule has 0 aliphatic rings. The first-order valence-corrected chi connectivity index (χ1v) is 6.38. The molecular formula is C15H13N5O. The number of aromatic nitrogens is 4. The van der Waals surface area contributed by atoms with Crippen molar-refractivity contribution in [3.63, 3.8) is 0 Å². The van der Waals surface area contributed by atoms with E-state index >= 15 is 0 Å². The van der Waals surface area contributed by atoms with E-state index in [9.17, 15) is 4.79 Å². The smallest absolute Gasteiger partial charge is 0.248 e. The van der Waals surface area contributed by atoms with Crippen LogP contribution in [0, 0.1) is 6.92 Å². The maximum Gasteiger partial charge on any atom is 0.248 e. The first-order valence-electron chi connectivity index (χ1n) is 6.38. The summed E-state index contributed by atoms with van der Waals surface area (Å²) < 4.78 is 1.74. The molecule has 0 fully saturated rings. The molecule has 0 radical (unpaired) electrons. The van der Waals surface area contributed by atoms with Crippen molar-refractivity contribution in [1.29, 1.82) is 0 Å². The predicted octanol–water partition coefficient (Wildman–Crippen LogP) is 1.74. The molecule has 3 aromatic rings. The second kappa shape index (κ2) is 5.16. The number of hydrogen-bond acceptors (Lipinski definition) is 4. The summed E-state index contributed by atoms with van der Waals surface area (Å²) in [5, 5.41) is 7.53. The Bertz CT molecular complexity index is 778. The lowest BCUT2D eigenvalue weighted by Crippen LogP contribution is -2.10. The standard InChI is InChI=1S/C15H13N5O/c1-10-13(11-2-4-12(5-3-11)15(16)21)6-7-14(19-10)20-8-17-18-9-20/h2-9H,1H3,(H2,16,21). The number of carbonyl (C=O) groups is 1. The van der Waals surface area contributed by atoms with Crippen LogP contribution in [-0.4, -0.2) is 25.7 Å². The van der Waals surface area contributed by atoms with Crippen molar-refractivity contribution in [2.75, 3.05) is 0 Å². The Morgan fingerprint density at radius 1 is 1.05 bits per heavy atom. The summed E-state index contributed by atoms with van der Waals surface area (Å²) in [4.78, 5) is 15.6. The molecule has 1 amide bonds. The van der Waals surface area contributed by atoms with Crippen LogP contribution < -0.4 is 5.73 Å². The third-order valence-electron chi connectivity index (χ3n) is 3.23. The molecule has 6 nitrogen and oxygen atoms in total. The van der Waals surface area contributed by atoms with Crippen LogP contribution in [0.2, 0.25) is 0 Å². The van der Waals surface area contributed by atoms with Crippen LogP contribution in [0.5, 0.6) is 0 Å². The number of hydrogen-bond donors (Lipinski definition) is 1. The highest BCUT2D eigenvalue weighted by Gasteiger charge is 2.07. The minimum absolute atomic E-state index is 0.431. The van der Waals surface area contributed by atoms with Crippen molar-refractivity contribution < 1.29 is 4.79 Å². The number of amides is 1. The molecular weight excluding hydrogens is 266 g/mol. The van der Waals surface area contributed by atoms with Gasteiger partial charge >= 0.3 is 0 Å². The van der Waals surface area contributed by atoms with Gasteiger partial charge in [-0.3, -0.25) is 9.36 Å². The Morgan fingerprint density at radius 2 is 1.71 bits per heavy atom. The minimum atomic E-state index is -0.431. The van der Waals surface area contributed by atoms with Gasteiger partial charge in [-0.1, -0.05) is 12.1 Å². The van der Waals surface area contributed by atoms with E-state index in [1.165, 1.54) is 0 Å². The fourth-order valence-electron chi connectivity index (χ4n) is 2.13. The Balaban J connectivity index is 1.97. The summed E-state index contributed by atoms with van der Waals surface area (Å²) in [6, 6.07) is 11.0. The van der Waals surface area contributed by atoms with Gasteiger partial charge in [0.1, 0.15) is 18.5 Å². The average molecular weight is 279 g/mol. The Kier molecular flexibility index (Phi) is 3.19. The third-order valence-corrected chi connectivity index (χ3v) is 3.23. The van der Waals surface area contributed by atoms with Gasteiger partial charge in [-0.15, -0.1) is 10.2 Å². The Morgan fingerprint density at radius 3 is 2.29 bits per heavy atom. The molecule has 2 heterocycles. The Hall–Kier alpha value is -3.02. The molecule has 2 aromatic heterocycles. The van der Waals surface area contributed by atoms with E-state index in [0.717, 1.165) is 22.6 Å². The lowest BCUT2D eigenvalue weighted by Gasteiger charge is -2.08. The summed E-state index contributed by atoms with van der Waals surface area (Å²) in [5.41, 5.74) is 8.60. The zero-order valence-corrected chi connectivity index (χ0v) is 11.4. The number of carbonyl (C=O) groups excluding carboxylic acids is 1. The highest BCUT2D eigenvalue weighted by Crippen LogP contribution is 2.23. The highest BCUT2D eigenvalue weighted by atomic mass is 16.1. The maximum atomic E-state index is 11.1. The van der Waals surface area contributed by atoms with E-state index in [4.69, 9.17) is 5.73 Å². The van der Waals surface area contributed by atoms with Crippen LogP contribution in [0.15, 0.2) is 49.1 Å². The number of aryl methyl sites for hydroxylation is 1. The van der Waals surface area contributed by atoms with Gasteiger partial charge in [0.15, 0.2) is 0 Å². The largest absolute Gasteiger partial charge is 0.366 e. The van der Waals surface area contributed by atoms with E-state index in [1.54, 1.807) is 29.4 Å². The normalized spacial score (nSPS) is 10.5. The van der Waals surface area contributed by atoms with E-state index in [2.05, 4.69) is 15.2 Å². The van der Waals surface area contributed by atoms with Crippen molar-refractivity contribution in [2.45, 2.75) is 6.92 Å². The third kappa shape index (κ3) is 2.51. The predicted molar refractivity (Wildman–Crippen MR) is 77.8 cm³/mol. The van der Waals surface area contributed by atoms with E-state index in [-0.39, 0.29) is 0 Å². The summed E-state index contributed by atoms with van der Waals surface area (Å²) in [6.07, 6.45) is 3.20. The van der Waals surface area contributed by atoms with Crippen LogP contribution in [0.1, 0.15) is 16.1 Å². The van der Waals surface area contributed by atoms with Gasteiger partial charge in [-0.05, 0) is 36.8 Å². The zero-order valence-electron chi connectivity index (χ0n) is 11.4. The SMILES string of the molecule is Cc1nc(-n2cnnc2)ccc1-c1ccc(C(N)=O)cc1. The lowest BCUT2D eigenvalue weighted by molar-refractivity contribution is 0.100. The van der Waals surface area contributed by atoms with Crippen molar-refractivity contribution in [3.8, 4) is 16.9 Å². The molecule has 0 aliphatic carbocycles. The van der Waals surface area contributed by atoms with Crippen LogP contribution in [0.4, 0.5) is 0 Å². The molecule has 6 heteroatoms. The summed E-state index contributed by atoms with van der Waals surface area (Å²) in [6.45, 7) is 1.94. The molecule has 0 unspecified atom stereocenters. The molecule has 3 rings (SSSR count). The highest BCUT2D eigenvalue weighted by molar-refractivity contribution is 5.93. The van der Waals surface area contributed by atoms with Crippen LogP contribution in [-0.2, 0) is 0 Å². The van der Waals surface area contributed by atoms with Crippen molar-refractivity contribution in [3.05, 3.63) is 60.3 Å². The van der Waals surface area contributed by atoms with Crippen LogP contribution >= 0.6 is 0 Å². The Labute approximate surface area is 121 Å². The van der Waals surface area contributed by atoms with Crippen molar-refractivity contribution >= 4 is 5.91 Å². The fourth-order valence-corrected chi connectivity index (χ4v) is 2.13. The number of benzene rings is 1. The molecule has 0 bridgehead atoms. The number of nitrogens with zero attached hydrogens (tertiary/aromatic N) is 4. The lowest BCUT2D eigenvalue weighted by atomic mass is 10.0. The van der Waals surface area contributed by atoms with Crippen LogP contribution in [0.3, 0.4) is 0 Å². The van der Waals surface area contributed by atoms with Crippen molar-refractivity contribution in [1.82, 2.24) is 19.7 Å².